The zero-order valence-electron chi connectivity index (χ0n) is 8.13. The molecular formula is C7H3F3N2O6. The number of aromatic nitrogens is 1. The minimum absolute atomic E-state index is 0.303. The van der Waals surface area contributed by atoms with Crippen LogP contribution in [0, 0.1) is 10.1 Å². The Morgan fingerprint density at radius 1 is 1.50 bits per heavy atom. The van der Waals surface area contributed by atoms with E-state index in [0.717, 1.165) is 0 Å². The molecule has 0 bridgehead atoms. The highest BCUT2D eigenvalue weighted by Gasteiger charge is 2.39. The number of carboxylic acids is 1. The number of nitrogens with zero attached hydrogens (tertiary/aromatic N) is 2. The lowest BCUT2D eigenvalue weighted by Crippen LogP contribution is -2.19. The predicted octanol–water partition coefficient (Wildman–Crippen LogP) is 1.29. The molecule has 0 unspecified atom stereocenters. The maximum Gasteiger partial charge on any atom is 0.574 e. The van der Waals surface area contributed by atoms with Gasteiger partial charge in [0.1, 0.15) is 0 Å². The molecule has 0 saturated carbocycles. The minimum atomic E-state index is -5.29. The first-order valence-corrected chi connectivity index (χ1v) is 3.99. The smallest absolute Gasteiger partial charge is 0.505 e. The van der Waals surface area contributed by atoms with E-state index in [4.69, 9.17) is 10.2 Å². The van der Waals surface area contributed by atoms with Crippen LogP contribution in [0.15, 0.2) is 6.20 Å². The molecule has 98 valence electrons. The van der Waals surface area contributed by atoms with Crippen molar-refractivity contribution < 1.29 is 37.8 Å². The van der Waals surface area contributed by atoms with Gasteiger partial charge in [0.15, 0.2) is 11.3 Å². The number of pyridine rings is 1. The van der Waals surface area contributed by atoms with Crippen molar-refractivity contribution in [1.82, 2.24) is 4.98 Å². The summed E-state index contributed by atoms with van der Waals surface area (Å²) in [5, 5.41) is 28.2. The number of carbonyl (C=O) groups is 1. The summed E-state index contributed by atoms with van der Waals surface area (Å²) in [7, 11) is 0. The van der Waals surface area contributed by atoms with Gasteiger partial charge in [-0.15, -0.1) is 13.2 Å². The summed E-state index contributed by atoms with van der Waals surface area (Å²) in [6.45, 7) is 0. The molecule has 0 aliphatic heterocycles. The highest BCUT2D eigenvalue weighted by molar-refractivity contribution is 5.96. The lowest BCUT2D eigenvalue weighted by molar-refractivity contribution is -0.389. The van der Waals surface area contributed by atoms with Crippen LogP contribution in [0.25, 0.3) is 0 Å². The normalized spacial score (nSPS) is 11.1. The van der Waals surface area contributed by atoms with Crippen molar-refractivity contribution in [3.8, 4) is 11.6 Å². The highest BCUT2D eigenvalue weighted by Crippen LogP contribution is 2.36. The highest BCUT2D eigenvalue weighted by atomic mass is 19.4. The van der Waals surface area contributed by atoms with Crippen molar-refractivity contribution in [3.05, 3.63) is 21.9 Å². The summed E-state index contributed by atoms with van der Waals surface area (Å²) in [5.74, 6) is -4.71. The van der Waals surface area contributed by atoms with Crippen LogP contribution in [-0.2, 0) is 0 Å². The average Bonchev–Trinajstić information content (AvgIpc) is 2.17. The number of aromatic hydroxyl groups is 1. The Morgan fingerprint density at radius 3 is 2.44 bits per heavy atom. The van der Waals surface area contributed by atoms with Gasteiger partial charge in [-0.3, -0.25) is 10.1 Å². The Hall–Kier alpha value is -2.59. The van der Waals surface area contributed by atoms with E-state index in [9.17, 15) is 28.1 Å². The van der Waals surface area contributed by atoms with Gasteiger partial charge in [0.2, 0.25) is 0 Å². The maximum absolute atomic E-state index is 11.9. The molecule has 0 radical (unpaired) electrons. The van der Waals surface area contributed by atoms with E-state index in [0.29, 0.717) is 6.20 Å². The summed E-state index contributed by atoms with van der Waals surface area (Å²) >= 11 is 0. The van der Waals surface area contributed by atoms with Gasteiger partial charge in [-0.25, -0.2) is 9.78 Å². The van der Waals surface area contributed by atoms with Gasteiger partial charge >= 0.3 is 23.9 Å². The van der Waals surface area contributed by atoms with E-state index in [1.165, 1.54) is 0 Å². The van der Waals surface area contributed by atoms with E-state index in [-0.39, 0.29) is 0 Å². The van der Waals surface area contributed by atoms with Crippen molar-refractivity contribution >= 4 is 11.7 Å². The molecule has 0 aromatic carbocycles. The number of hydrogen-bond acceptors (Lipinski definition) is 6. The molecule has 0 aliphatic carbocycles. The van der Waals surface area contributed by atoms with Crippen molar-refractivity contribution in [3.63, 3.8) is 0 Å². The molecule has 0 atom stereocenters. The van der Waals surface area contributed by atoms with Crippen molar-refractivity contribution in [2.24, 2.45) is 0 Å². The molecule has 8 nitrogen and oxygen atoms in total. The van der Waals surface area contributed by atoms with Crippen molar-refractivity contribution in [2.75, 3.05) is 0 Å². The van der Waals surface area contributed by atoms with Crippen molar-refractivity contribution in [1.29, 1.82) is 0 Å². The zero-order chi connectivity index (χ0) is 14.1. The van der Waals surface area contributed by atoms with E-state index in [1.54, 1.807) is 0 Å². The molecule has 2 N–H and O–H groups in total. The fourth-order valence-corrected chi connectivity index (χ4v) is 1.04. The lowest BCUT2D eigenvalue weighted by atomic mass is 10.2. The second-order valence-corrected chi connectivity index (χ2v) is 2.78. The number of aromatic carboxylic acids is 1. The Bertz CT molecular complexity index is 515. The Labute approximate surface area is 95.4 Å². The third-order valence-corrected chi connectivity index (χ3v) is 1.61. The first-order valence-electron chi connectivity index (χ1n) is 3.99. The molecule has 18 heavy (non-hydrogen) atoms. The summed E-state index contributed by atoms with van der Waals surface area (Å²) in [4.78, 5) is 22.5. The number of ether oxygens (including phenoxy) is 1. The average molecular weight is 268 g/mol. The quantitative estimate of drug-likeness (QED) is 0.625. The first kappa shape index (κ1) is 13.5. The molecule has 1 aromatic rings. The van der Waals surface area contributed by atoms with Crippen LogP contribution < -0.4 is 4.74 Å². The van der Waals surface area contributed by atoms with E-state index in [2.05, 4.69) is 9.72 Å². The molecule has 1 aromatic heterocycles. The first-order chi connectivity index (χ1) is 8.13. The number of halogens is 3. The third-order valence-electron chi connectivity index (χ3n) is 1.61. The Balaban J connectivity index is 3.49. The molecule has 11 heteroatoms. The van der Waals surface area contributed by atoms with Gasteiger partial charge in [0, 0.05) is 0 Å². The SMILES string of the molecule is O=C(O)c1c(O)cnc(OC(F)(F)F)c1[N+](=O)[O-]. The number of hydrogen-bond donors (Lipinski definition) is 2. The molecule has 0 fully saturated rings. The number of nitro groups is 1. The molecular weight excluding hydrogens is 265 g/mol. The van der Waals surface area contributed by atoms with E-state index in [1.807, 2.05) is 0 Å². The van der Waals surface area contributed by atoms with Crippen molar-refractivity contribution in [2.45, 2.75) is 6.36 Å². The summed E-state index contributed by atoms with van der Waals surface area (Å²) in [6, 6.07) is 0. The Kier molecular flexibility index (Phi) is 3.26. The predicted molar refractivity (Wildman–Crippen MR) is 46.2 cm³/mol. The van der Waals surface area contributed by atoms with Crippen LogP contribution in [0.2, 0.25) is 0 Å². The number of carboxylic acid groups (broad SMARTS) is 1. The Morgan fingerprint density at radius 2 is 2.06 bits per heavy atom. The third kappa shape index (κ3) is 2.75. The van der Waals surface area contributed by atoms with Gasteiger partial charge in [-0.2, -0.15) is 0 Å². The van der Waals surface area contributed by atoms with Crippen LogP contribution in [0.5, 0.6) is 11.6 Å². The van der Waals surface area contributed by atoms with E-state index < -0.39 is 40.1 Å². The molecule has 1 rings (SSSR count). The molecule has 0 aliphatic rings. The minimum Gasteiger partial charge on any atom is -0.505 e. The van der Waals surface area contributed by atoms with Gasteiger partial charge in [0.05, 0.1) is 11.1 Å². The fraction of sp³-hybridized carbons (Fsp3) is 0.143. The van der Waals surface area contributed by atoms with Gasteiger partial charge < -0.3 is 14.9 Å². The molecule has 0 saturated heterocycles. The standard InChI is InChI=1S/C7H3F3N2O6/c8-7(9,10)18-5-4(12(16)17)3(6(14)15)2(13)1-11-5/h1,13H,(H,14,15). The zero-order valence-corrected chi connectivity index (χ0v) is 8.13. The molecule has 0 spiro atoms. The molecule has 0 amide bonds. The van der Waals surface area contributed by atoms with Gasteiger partial charge in [-0.05, 0) is 0 Å². The summed E-state index contributed by atoms with van der Waals surface area (Å²) in [5.41, 5.74) is -2.92. The van der Waals surface area contributed by atoms with Crippen LogP contribution >= 0.6 is 0 Å². The number of alkyl halides is 3. The van der Waals surface area contributed by atoms with Gasteiger partial charge in [0.25, 0.3) is 0 Å². The number of rotatable bonds is 3. The van der Waals surface area contributed by atoms with Crippen LogP contribution in [-0.4, -0.2) is 32.5 Å². The maximum atomic E-state index is 11.9. The lowest BCUT2D eigenvalue weighted by Gasteiger charge is -2.09. The van der Waals surface area contributed by atoms with Crippen LogP contribution in [0.3, 0.4) is 0 Å². The van der Waals surface area contributed by atoms with Crippen LogP contribution in [0.4, 0.5) is 18.9 Å². The summed E-state index contributed by atoms with van der Waals surface area (Å²) in [6.07, 6.45) is -4.98. The second kappa shape index (κ2) is 4.35. The fourth-order valence-electron chi connectivity index (χ4n) is 1.04. The summed E-state index contributed by atoms with van der Waals surface area (Å²) < 4.78 is 39.0. The second-order valence-electron chi connectivity index (χ2n) is 2.78. The molecule has 1 heterocycles. The largest absolute Gasteiger partial charge is 0.574 e. The van der Waals surface area contributed by atoms with Crippen LogP contribution in [0.1, 0.15) is 10.4 Å². The monoisotopic (exact) mass is 268 g/mol. The van der Waals surface area contributed by atoms with Gasteiger partial charge in [-0.1, -0.05) is 0 Å². The van der Waals surface area contributed by atoms with E-state index >= 15 is 0 Å². The topological polar surface area (TPSA) is 123 Å².